The van der Waals surface area contributed by atoms with E-state index in [0.717, 1.165) is 18.8 Å². The third-order valence-corrected chi connectivity index (χ3v) is 4.77. The molecule has 19 heavy (non-hydrogen) atoms. The topological polar surface area (TPSA) is 29.1 Å². The molecule has 1 N–H and O–H groups in total. The summed E-state index contributed by atoms with van der Waals surface area (Å²) in [6.07, 6.45) is 5.75. The highest BCUT2D eigenvalue weighted by Gasteiger charge is 2.22. The van der Waals surface area contributed by atoms with Crippen LogP contribution in [0.4, 0.5) is 0 Å². The smallest absolute Gasteiger partial charge is 0.253 e. The van der Waals surface area contributed by atoms with E-state index in [2.05, 4.69) is 12.2 Å². The summed E-state index contributed by atoms with van der Waals surface area (Å²) < 4.78 is 0. The van der Waals surface area contributed by atoms with Crippen LogP contribution in [0.3, 0.4) is 0 Å². The Hall–Kier alpha value is -0.730. The predicted octanol–water partition coefficient (Wildman–Crippen LogP) is 4.69. The molecule has 0 radical (unpaired) electrons. The molecule has 1 aromatic rings. The van der Waals surface area contributed by atoms with Gasteiger partial charge >= 0.3 is 0 Å². The normalized spacial score (nSPS) is 23.1. The SMILES string of the molecule is CCC1CCC(NC(=O)c2cccc(Cl)c2Cl)CC1. The molecule has 0 heterocycles. The van der Waals surface area contributed by atoms with Gasteiger partial charge in [-0.1, -0.05) is 42.6 Å². The number of rotatable bonds is 3. The molecule has 1 aliphatic rings. The second-order valence-electron chi connectivity index (χ2n) is 5.20. The minimum absolute atomic E-state index is 0.118. The lowest BCUT2D eigenvalue weighted by Crippen LogP contribution is -2.37. The third-order valence-electron chi connectivity index (χ3n) is 3.96. The average Bonchev–Trinajstić information content (AvgIpc) is 2.42. The summed E-state index contributed by atoms with van der Waals surface area (Å²) in [4.78, 5) is 12.2. The van der Waals surface area contributed by atoms with Crippen molar-refractivity contribution in [1.29, 1.82) is 0 Å². The van der Waals surface area contributed by atoms with Gasteiger partial charge < -0.3 is 5.32 Å². The Morgan fingerprint density at radius 3 is 2.58 bits per heavy atom. The molecule has 104 valence electrons. The fraction of sp³-hybridized carbons (Fsp3) is 0.533. The zero-order chi connectivity index (χ0) is 13.8. The van der Waals surface area contributed by atoms with Crippen LogP contribution < -0.4 is 5.32 Å². The first-order valence-corrected chi connectivity index (χ1v) is 7.62. The van der Waals surface area contributed by atoms with Crippen molar-refractivity contribution in [3.8, 4) is 0 Å². The molecule has 1 aromatic carbocycles. The Kier molecular flexibility index (Phi) is 5.12. The van der Waals surface area contributed by atoms with Crippen LogP contribution in [0.5, 0.6) is 0 Å². The second kappa shape index (κ2) is 6.62. The van der Waals surface area contributed by atoms with E-state index in [-0.39, 0.29) is 11.9 Å². The van der Waals surface area contributed by atoms with E-state index >= 15 is 0 Å². The highest BCUT2D eigenvalue weighted by Crippen LogP contribution is 2.28. The van der Waals surface area contributed by atoms with Crippen LogP contribution in [-0.4, -0.2) is 11.9 Å². The minimum Gasteiger partial charge on any atom is -0.349 e. The maximum Gasteiger partial charge on any atom is 0.253 e. The number of hydrogen-bond acceptors (Lipinski definition) is 1. The molecule has 2 nitrogen and oxygen atoms in total. The van der Waals surface area contributed by atoms with Crippen LogP contribution in [-0.2, 0) is 0 Å². The standard InChI is InChI=1S/C15H19Cl2NO/c1-2-10-6-8-11(9-7-10)18-15(19)12-4-3-5-13(16)14(12)17/h3-5,10-11H,2,6-9H2,1H3,(H,18,19). The molecule has 0 bridgehead atoms. The summed E-state index contributed by atoms with van der Waals surface area (Å²) in [6, 6.07) is 5.41. The quantitative estimate of drug-likeness (QED) is 0.862. The van der Waals surface area contributed by atoms with Gasteiger partial charge in [0, 0.05) is 6.04 Å². The molecule has 1 fully saturated rings. The van der Waals surface area contributed by atoms with Crippen LogP contribution in [0.15, 0.2) is 18.2 Å². The zero-order valence-electron chi connectivity index (χ0n) is 11.1. The number of benzene rings is 1. The van der Waals surface area contributed by atoms with E-state index in [9.17, 15) is 4.79 Å². The van der Waals surface area contributed by atoms with Gasteiger partial charge in [0.2, 0.25) is 0 Å². The van der Waals surface area contributed by atoms with Crippen molar-refractivity contribution in [1.82, 2.24) is 5.32 Å². The van der Waals surface area contributed by atoms with E-state index in [1.54, 1.807) is 18.2 Å². The van der Waals surface area contributed by atoms with Gasteiger partial charge in [-0.05, 0) is 43.7 Å². The van der Waals surface area contributed by atoms with E-state index in [0.29, 0.717) is 15.6 Å². The molecule has 0 unspecified atom stereocenters. The van der Waals surface area contributed by atoms with Crippen molar-refractivity contribution in [3.63, 3.8) is 0 Å². The monoisotopic (exact) mass is 299 g/mol. The summed E-state index contributed by atoms with van der Waals surface area (Å²) in [7, 11) is 0. The zero-order valence-corrected chi connectivity index (χ0v) is 12.6. The van der Waals surface area contributed by atoms with Gasteiger partial charge in [0.25, 0.3) is 5.91 Å². The largest absolute Gasteiger partial charge is 0.349 e. The van der Waals surface area contributed by atoms with Gasteiger partial charge in [-0.15, -0.1) is 0 Å². The molecular weight excluding hydrogens is 281 g/mol. The molecular formula is C15H19Cl2NO. The Morgan fingerprint density at radius 2 is 1.95 bits per heavy atom. The van der Waals surface area contributed by atoms with Crippen molar-refractivity contribution < 1.29 is 4.79 Å². The van der Waals surface area contributed by atoms with Crippen molar-refractivity contribution in [3.05, 3.63) is 33.8 Å². The van der Waals surface area contributed by atoms with Crippen molar-refractivity contribution >= 4 is 29.1 Å². The van der Waals surface area contributed by atoms with Crippen molar-refractivity contribution in [2.24, 2.45) is 5.92 Å². The van der Waals surface area contributed by atoms with Gasteiger partial charge in [-0.2, -0.15) is 0 Å². The Labute approximate surface area is 124 Å². The first-order valence-electron chi connectivity index (χ1n) is 6.86. The van der Waals surface area contributed by atoms with Crippen LogP contribution >= 0.6 is 23.2 Å². The molecule has 0 atom stereocenters. The summed E-state index contributed by atoms with van der Waals surface area (Å²) in [5.41, 5.74) is 0.465. The van der Waals surface area contributed by atoms with E-state index < -0.39 is 0 Å². The van der Waals surface area contributed by atoms with Gasteiger partial charge in [-0.3, -0.25) is 4.79 Å². The summed E-state index contributed by atoms with van der Waals surface area (Å²) >= 11 is 12.0. The van der Waals surface area contributed by atoms with E-state index in [4.69, 9.17) is 23.2 Å². The van der Waals surface area contributed by atoms with E-state index in [1.165, 1.54) is 19.3 Å². The number of carbonyl (C=O) groups excluding carboxylic acids is 1. The predicted molar refractivity (Wildman–Crippen MR) is 80.0 cm³/mol. The molecule has 0 spiro atoms. The molecule has 0 saturated heterocycles. The summed E-state index contributed by atoms with van der Waals surface area (Å²) in [5.74, 6) is 0.704. The number of carbonyl (C=O) groups is 1. The van der Waals surface area contributed by atoms with Gasteiger partial charge in [-0.25, -0.2) is 0 Å². The lowest BCUT2D eigenvalue weighted by Gasteiger charge is -2.28. The lowest BCUT2D eigenvalue weighted by atomic mass is 9.84. The highest BCUT2D eigenvalue weighted by atomic mass is 35.5. The first kappa shape index (κ1) is 14.7. The molecule has 0 aliphatic heterocycles. The molecule has 0 aromatic heterocycles. The maximum atomic E-state index is 12.2. The average molecular weight is 300 g/mol. The summed E-state index contributed by atoms with van der Waals surface area (Å²) in [5, 5.41) is 3.82. The highest BCUT2D eigenvalue weighted by molar-refractivity contribution is 6.43. The molecule has 4 heteroatoms. The second-order valence-corrected chi connectivity index (χ2v) is 5.99. The van der Waals surface area contributed by atoms with Crippen molar-refractivity contribution in [2.45, 2.75) is 45.1 Å². The number of hydrogen-bond donors (Lipinski definition) is 1. The number of nitrogens with one attached hydrogen (secondary N) is 1. The fourth-order valence-electron chi connectivity index (χ4n) is 2.66. The first-order chi connectivity index (χ1) is 9.11. The summed E-state index contributed by atoms with van der Waals surface area (Å²) in [6.45, 7) is 2.23. The lowest BCUT2D eigenvalue weighted by molar-refractivity contribution is 0.0922. The number of halogens is 2. The van der Waals surface area contributed by atoms with E-state index in [1.807, 2.05) is 0 Å². The minimum atomic E-state index is -0.118. The Balaban J connectivity index is 1.96. The van der Waals surface area contributed by atoms with Crippen LogP contribution in [0, 0.1) is 5.92 Å². The van der Waals surface area contributed by atoms with Gasteiger partial charge in [0.1, 0.15) is 0 Å². The maximum absolute atomic E-state index is 12.2. The Morgan fingerprint density at radius 1 is 1.26 bits per heavy atom. The molecule has 1 amide bonds. The third kappa shape index (κ3) is 3.64. The number of amides is 1. The fourth-order valence-corrected chi connectivity index (χ4v) is 3.04. The van der Waals surface area contributed by atoms with Gasteiger partial charge in [0.05, 0.1) is 15.6 Å². The Bertz CT molecular complexity index is 453. The van der Waals surface area contributed by atoms with Crippen molar-refractivity contribution in [2.75, 3.05) is 0 Å². The van der Waals surface area contributed by atoms with Crippen LogP contribution in [0.2, 0.25) is 10.0 Å². The van der Waals surface area contributed by atoms with Crippen LogP contribution in [0.25, 0.3) is 0 Å². The van der Waals surface area contributed by atoms with Crippen LogP contribution in [0.1, 0.15) is 49.4 Å². The van der Waals surface area contributed by atoms with Gasteiger partial charge in [0.15, 0.2) is 0 Å². The molecule has 2 rings (SSSR count). The molecule has 1 aliphatic carbocycles. The molecule has 1 saturated carbocycles.